The first-order valence-electron chi connectivity index (χ1n) is 7.51. The Morgan fingerprint density at radius 1 is 1.14 bits per heavy atom. The summed E-state index contributed by atoms with van der Waals surface area (Å²) in [5, 5.41) is 1.11. The van der Waals surface area contributed by atoms with E-state index in [0.717, 1.165) is 29.9 Å². The molecule has 0 bridgehead atoms. The molecule has 1 heterocycles. The van der Waals surface area contributed by atoms with Gasteiger partial charge in [0, 0.05) is 7.05 Å². The third-order valence-electron chi connectivity index (χ3n) is 4.04. The summed E-state index contributed by atoms with van der Waals surface area (Å²) in [6.45, 7) is 1.09. The van der Waals surface area contributed by atoms with Crippen molar-refractivity contribution in [2.45, 2.75) is 25.9 Å². The van der Waals surface area contributed by atoms with E-state index in [9.17, 15) is 9.59 Å². The van der Waals surface area contributed by atoms with Gasteiger partial charge in [-0.2, -0.15) is 9.86 Å². The van der Waals surface area contributed by atoms with Gasteiger partial charge in [0.2, 0.25) is 0 Å². The number of piperidine rings is 1. The lowest BCUT2D eigenvalue weighted by molar-refractivity contribution is -0.790. The van der Waals surface area contributed by atoms with E-state index in [4.69, 9.17) is 9.57 Å². The van der Waals surface area contributed by atoms with E-state index in [1.807, 2.05) is 30.3 Å². The minimum absolute atomic E-state index is 0.170. The molecule has 0 unspecified atom stereocenters. The van der Waals surface area contributed by atoms with Crippen LogP contribution in [0.15, 0.2) is 30.3 Å². The van der Waals surface area contributed by atoms with Gasteiger partial charge in [-0.3, -0.25) is 4.84 Å². The molecule has 3 amide bonds. The number of carbonyl (C=O) groups excluding carboxylic acids is 2. The standard InChI is InChI=1S/C16H23N2O4/c1-17(21-2)15(19)18(11-7-4-8-12-18)16(20)22-13-14-9-5-3-6-10-14/h3,5-6,9-10H,4,7-8,11-13H2,1-2H3/q+1. The number of amides is 3. The summed E-state index contributed by atoms with van der Waals surface area (Å²) in [5.41, 5.74) is 0.901. The molecule has 1 aromatic carbocycles. The zero-order valence-electron chi connectivity index (χ0n) is 13.2. The van der Waals surface area contributed by atoms with Crippen molar-refractivity contribution in [3.63, 3.8) is 0 Å². The number of hydrogen-bond donors (Lipinski definition) is 0. The number of hydrogen-bond acceptors (Lipinski definition) is 4. The zero-order valence-corrected chi connectivity index (χ0v) is 13.2. The molecule has 2 rings (SSSR count). The quantitative estimate of drug-likeness (QED) is 0.636. The fourth-order valence-electron chi connectivity index (χ4n) is 2.69. The minimum Gasteiger partial charge on any atom is -0.415 e. The Balaban J connectivity index is 2.11. The summed E-state index contributed by atoms with van der Waals surface area (Å²) < 4.78 is 5.09. The molecule has 0 saturated carbocycles. The number of carbonyl (C=O) groups is 2. The first-order valence-corrected chi connectivity index (χ1v) is 7.51. The lowest BCUT2D eigenvalue weighted by Crippen LogP contribution is -2.63. The Labute approximate surface area is 130 Å². The number of imide groups is 1. The molecule has 6 nitrogen and oxygen atoms in total. The fraction of sp³-hybridized carbons (Fsp3) is 0.500. The molecule has 1 aromatic rings. The molecule has 1 aliphatic heterocycles. The molecule has 22 heavy (non-hydrogen) atoms. The van der Waals surface area contributed by atoms with Crippen LogP contribution in [0.3, 0.4) is 0 Å². The maximum atomic E-state index is 12.6. The van der Waals surface area contributed by atoms with Gasteiger partial charge in [-0.25, -0.2) is 4.79 Å². The minimum atomic E-state index is -0.502. The van der Waals surface area contributed by atoms with Crippen LogP contribution in [0.5, 0.6) is 0 Å². The molecular weight excluding hydrogens is 284 g/mol. The van der Waals surface area contributed by atoms with Gasteiger partial charge in [-0.05, 0) is 24.8 Å². The third kappa shape index (κ3) is 3.45. The van der Waals surface area contributed by atoms with Crippen molar-refractivity contribution in [3.8, 4) is 0 Å². The van der Waals surface area contributed by atoms with Crippen molar-refractivity contribution in [1.29, 1.82) is 0 Å². The molecule has 120 valence electrons. The lowest BCUT2D eigenvalue weighted by atomic mass is 10.1. The van der Waals surface area contributed by atoms with Gasteiger partial charge in [0.05, 0.1) is 20.2 Å². The van der Waals surface area contributed by atoms with Gasteiger partial charge in [0.1, 0.15) is 6.61 Å². The van der Waals surface area contributed by atoms with Crippen LogP contribution >= 0.6 is 0 Å². The second kappa shape index (κ2) is 7.38. The smallest absolute Gasteiger partial charge is 0.415 e. The van der Waals surface area contributed by atoms with Crippen molar-refractivity contribution in [2.75, 3.05) is 27.2 Å². The van der Waals surface area contributed by atoms with Crippen LogP contribution in [0, 0.1) is 0 Å². The van der Waals surface area contributed by atoms with Crippen LogP contribution in [-0.2, 0) is 16.2 Å². The Kier molecular flexibility index (Phi) is 5.51. The Morgan fingerprint density at radius 3 is 2.36 bits per heavy atom. The van der Waals surface area contributed by atoms with Crippen molar-refractivity contribution < 1.29 is 23.6 Å². The largest absolute Gasteiger partial charge is 0.525 e. The number of rotatable bonds is 3. The molecule has 0 radical (unpaired) electrons. The molecule has 0 atom stereocenters. The van der Waals surface area contributed by atoms with E-state index in [1.54, 1.807) is 0 Å². The highest BCUT2D eigenvalue weighted by atomic mass is 16.7. The highest BCUT2D eigenvalue weighted by Gasteiger charge is 2.49. The first-order chi connectivity index (χ1) is 10.6. The van der Waals surface area contributed by atoms with Crippen LogP contribution in [0.25, 0.3) is 0 Å². The predicted molar refractivity (Wildman–Crippen MR) is 80.6 cm³/mol. The normalized spacial score (nSPS) is 16.8. The van der Waals surface area contributed by atoms with E-state index in [-0.39, 0.29) is 17.1 Å². The highest BCUT2D eigenvalue weighted by molar-refractivity contribution is 5.79. The van der Waals surface area contributed by atoms with E-state index < -0.39 is 6.09 Å². The van der Waals surface area contributed by atoms with Gasteiger partial charge in [0.15, 0.2) is 0 Å². The van der Waals surface area contributed by atoms with Crippen LogP contribution in [0.1, 0.15) is 24.8 Å². The van der Waals surface area contributed by atoms with E-state index in [0.29, 0.717) is 13.1 Å². The Hall–Kier alpha value is -1.92. The van der Waals surface area contributed by atoms with Crippen LogP contribution in [0.2, 0.25) is 0 Å². The molecule has 6 heteroatoms. The summed E-state index contributed by atoms with van der Waals surface area (Å²) in [6, 6.07) is 9.08. The maximum Gasteiger partial charge on any atom is 0.525 e. The van der Waals surface area contributed by atoms with Crippen molar-refractivity contribution in [2.24, 2.45) is 0 Å². The summed E-state index contributed by atoms with van der Waals surface area (Å²) in [4.78, 5) is 30.1. The topological polar surface area (TPSA) is 55.8 Å². The number of likely N-dealkylation sites (tertiary alicyclic amines) is 1. The number of urea groups is 1. The fourth-order valence-corrected chi connectivity index (χ4v) is 2.69. The van der Waals surface area contributed by atoms with Crippen LogP contribution in [-0.4, -0.2) is 48.9 Å². The zero-order chi connectivity index (χ0) is 16.0. The number of quaternary nitrogens is 1. The summed E-state index contributed by atoms with van der Waals surface area (Å²) >= 11 is 0. The molecular formula is C16H23N2O4+. The maximum absolute atomic E-state index is 12.6. The van der Waals surface area contributed by atoms with Crippen molar-refractivity contribution in [3.05, 3.63) is 35.9 Å². The summed E-state index contributed by atoms with van der Waals surface area (Å²) in [6.07, 6.45) is 2.17. The van der Waals surface area contributed by atoms with Crippen LogP contribution < -0.4 is 0 Å². The second-order valence-electron chi connectivity index (χ2n) is 5.48. The molecule has 0 N–H and O–H groups in total. The number of benzene rings is 1. The molecule has 0 aliphatic carbocycles. The number of nitrogens with zero attached hydrogens (tertiary/aromatic N) is 2. The summed E-state index contributed by atoms with van der Waals surface area (Å²) in [7, 11) is 2.93. The first kappa shape index (κ1) is 16.5. The number of ether oxygens (including phenoxy) is 1. The monoisotopic (exact) mass is 307 g/mol. The molecule has 0 spiro atoms. The van der Waals surface area contributed by atoms with E-state index in [1.165, 1.54) is 14.2 Å². The van der Waals surface area contributed by atoms with Gasteiger partial charge in [-0.1, -0.05) is 30.3 Å². The van der Waals surface area contributed by atoms with Gasteiger partial charge in [-0.15, -0.1) is 4.48 Å². The average Bonchev–Trinajstić information content (AvgIpc) is 2.59. The molecule has 0 aromatic heterocycles. The predicted octanol–water partition coefficient (Wildman–Crippen LogP) is 2.94. The van der Waals surface area contributed by atoms with E-state index in [2.05, 4.69) is 0 Å². The second-order valence-corrected chi connectivity index (χ2v) is 5.48. The highest BCUT2D eigenvalue weighted by Crippen LogP contribution is 2.23. The lowest BCUT2D eigenvalue weighted by Gasteiger charge is -2.35. The van der Waals surface area contributed by atoms with Gasteiger partial charge >= 0.3 is 12.1 Å². The number of hydroxylamine groups is 2. The molecule has 1 fully saturated rings. The molecule has 1 aliphatic rings. The third-order valence-corrected chi connectivity index (χ3v) is 4.04. The average molecular weight is 307 g/mol. The summed E-state index contributed by atoms with van der Waals surface area (Å²) in [5.74, 6) is 0. The van der Waals surface area contributed by atoms with Crippen molar-refractivity contribution in [1.82, 2.24) is 5.06 Å². The molecule has 1 saturated heterocycles. The van der Waals surface area contributed by atoms with Crippen LogP contribution in [0.4, 0.5) is 9.59 Å². The van der Waals surface area contributed by atoms with Gasteiger partial charge in [0.25, 0.3) is 0 Å². The van der Waals surface area contributed by atoms with Gasteiger partial charge < -0.3 is 4.74 Å². The SMILES string of the molecule is CON(C)C(=O)[N+]1(C(=O)OCc2ccccc2)CCCCC1. The Morgan fingerprint density at radius 2 is 1.77 bits per heavy atom. The van der Waals surface area contributed by atoms with Crippen molar-refractivity contribution >= 4 is 12.1 Å². The van der Waals surface area contributed by atoms with E-state index >= 15 is 0 Å². The Bertz CT molecular complexity index is 512.